The van der Waals surface area contributed by atoms with E-state index >= 15 is 0 Å². The van der Waals surface area contributed by atoms with Crippen LogP contribution in [0.2, 0.25) is 0 Å². The Balaban J connectivity index is 1.79. The van der Waals surface area contributed by atoms with Crippen molar-refractivity contribution in [1.82, 2.24) is 4.57 Å². The minimum absolute atomic E-state index is 0.144. The molecule has 29 heavy (non-hydrogen) atoms. The molecule has 6 heteroatoms. The van der Waals surface area contributed by atoms with Crippen LogP contribution in [0.4, 0.5) is 4.39 Å². The van der Waals surface area contributed by atoms with Gasteiger partial charge in [0, 0.05) is 28.8 Å². The van der Waals surface area contributed by atoms with Gasteiger partial charge in [0.15, 0.2) is 0 Å². The van der Waals surface area contributed by atoms with E-state index in [1.54, 1.807) is 38.1 Å². The summed E-state index contributed by atoms with van der Waals surface area (Å²) in [5.41, 5.74) is 2.47. The quantitative estimate of drug-likeness (QED) is 0.673. The number of benzene rings is 2. The molecule has 0 bridgehead atoms. The number of carboxylic acid groups (broad SMARTS) is 1. The molecule has 3 aromatic rings. The van der Waals surface area contributed by atoms with Gasteiger partial charge in [0.2, 0.25) is 0 Å². The third kappa shape index (κ3) is 2.38. The van der Waals surface area contributed by atoms with Gasteiger partial charge in [0.05, 0.1) is 23.1 Å². The molecule has 150 valence electrons. The van der Waals surface area contributed by atoms with Gasteiger partial charge in [-0.2, -0.15) is 0 Å². The summed E-state index contributed by atoms with van der Waals surface area (Å²) in [5, 5.41) is 21.0. The van der Waals surface area contributed by atoms with E-state index in [9.17, 15) is 19.4 Å². The van der Waals surface area contributed by atoms with Crippen LogP contribution in [0.3, 0.4) is 0 Å². The van der Waals surface area contributed by atoms with Gasteiger partial charge in [-0.3, -0.25) is 4.79 Å². The number of fused-ring (bicyclic) bond motifs is 4. The Hall–Kier alpha value is -2.86. The Morgan fingerprint density at radius 1 is 1.24 bits per heavy atom. The van der Waals surface area contributed by atoms with Gasteiger partial charge in [-0.1, -0.05) is 6.07 Å². The molecule has 0 atom stereocenters. The zero-order valence-corrected chi connectivity index (χ0v) is 16.3. The number of hydrogen-bond acceptors (Lipinski definition) is 3. The predicted octanol–water partition coefficient (Wildman–Crippen LogP) is 4.44. The molecule has 5 rings (SSSR count). The summed E-state index contributed by atoms with van der Waals surface area (Å²) in [6.07, 6.45) is 1.35. The van der Waals surface area contributed by atoms with E-state index in [0.717, 1.165) is 22.5 Å². The fourth-order valence-corrected chi connectivity index (χ4v) is 5.22. The summed E-state index contributed by atoms with van der Waals surface area (Å²) in [7, 11) is 0. The van der Waals surface area contributed by atoms with Crippen LogP contribution in [-0.2, 0) is 21.6 Å². The SMILES string of the molecule is Cc1cc(-n2c3c(c4c(O)cccc42)C2(CC(C)(C(=O)O)C2)OCC3)ccc1F. The number of phenols is 1. The van der Waals surface area contributed by atoms with Crippen molar-refractivity contribution in [2.75, 3.05) is 6.61 Å². The maximum Gasteiger partial charge on any atom is 0.309 e. The molecule has 2 aliphatic rings. The molecule has 1 fully saturated rings. The fraction of sp³-hybridized carbons (Fsp3) is 0.348. The number of halogens is 1. The lowest BCUT2D eigenvalue weighted by molar-refractivity contribution is -0.198. The van der Waals surface area contributed by atoms with Crippen LogP contribution in [0.5, 0.6) is 5.75 Å². The van der Waals surface area contributed by atoms with Gasteiger partial charge in [-0.15, -0.1) is 0 Å². The third-order valence-corrected chi connectivity index (χ3v) is 6.51. The summed E-state index contributed by atoms with van der Waals surface area (Å²) in [6, 6.07) is 10.3. The van der Waals surface area contributed by atoms with E-state index in [4.69, 9.17) is 4.74 Å². The normalized spacial score (nSPS) is 25.8. The highest BCUT2D eigenvalue weighted by molar-refractivity contribution is 5.94. The lowest BCUT2D eigenvalue weighted by atomic mass is 9.56. The molecule has 5 nitrogen and oxygen atoms in total. The number of aromatic hydroxyl groups is 1. The van der Waals surface area contributed by atoms with Gasteiger partial charge in [0.1, 0.15) is 11.6 Å². The molecule has 1 aromatic heterocycles. The molecule has 2 aromatic carbocycles. The number of carbonyl (C=O) groups is 1. The van der Waals surface area contributed by atoms with E-state index in [2.05, 4.69) is 4.57 Å². The van der Waals surface area contributed by atoms with Crippen LogP contribution in [-0.4, -0.2) is 27.4 Å². The molecule has 1 aliphatic carbocycles. The van der Waals surface area contributed by atoms with Gasteiger partial charge in [-0.05, 0) is 62.6 Å². The molecule has 1 spiro atoms. The fourth-order valence-electron chi connectivity index (χ4n) is 5.22. The van der Waals surface area contributed by atoms with E-state index in [1.807, 2.05) is 6.07 Å². The predicted molar refractivity (Wildman–Crippen MR) is 106 cm³/mol. The van der Waals surface area contributed by atoms with E-state index < -0.39 is 17.0 Å². The largest absolute Gasteiger partial charge is 0.507 e. The van der Waals surface area contributed by atoms with Crippen LogP contribution in [0.15, 0.2) is 36.4 Å². The Kier molecular flexibility index (Phi) is 3.65. The van der Waals surface area contributed by atoms with Gasteiger partial charge in [-0.25, -0.2) is 4.39 Å². The van der Waals surface area contributed by atoms with Crippen molar-refractivity contribution < 1.29 is 24.1 Å². The summed E-state index contributed by atoms with van der Waals surface area (Å²) >= 11 is 0. The minimum Gasteiger partial charge on any atom is -0.507 e. The van der Waals surface area contributed by atoms with Crippen molar-refractivity contribution in [2.24, 2.45) is 5.41 Å². The standard InChI is InChI=1S/C23H22FNO4/c1-13-10-14(6-7-15(13)24)25-16-4-3-5-18(26)19(16)20-17(25)8-9-29-23(20)11-22(2,12-23)21(27)28/h3-7,10,26H,8-9,11-12H2,1-2H3,(H,27,28). The van der Waals surface area contributed by atoms with Gasteiger partial charge >= 0.3 is 5.97 Å². The highest BCUT2D eigenvalue weighted by atomic mass is 19.1. The molecule has 0 unspecified atom stereocenters. The molecule has 0 radical (unpaired) electrons. The van der Waals surface area contributed by atoms with Crippen LogP contribution < -0.4 is 0 Å². The van der Waals surface area contributed by atoms with Crippen molar-refractivity contribution in [2.45, 2.75) is 38.7 Å². The number of phenolic OH excluding ortho intramolecular Hbond substituents is 1. The summed E-state index contributed by atoms with van der Waals surface area (Å²) < 4.78 is 22.1. The first-order chi connectivity index (χ1) is 13.8. The Morgan fingerprint density at radius 2 is 2.00 bits per heavy atom. The van der Waals surface area contributed by atoms with Crippen molar-refractivity contribution in [3.05, 3.63) is 59.0 Å². The van der Waals surface area contributed by atoms with Gasteiger partial charge in [0.25, 0.3) is 0 Å². The number of carboxylic acids is 1. The maximum atomic E-state index is 13.9. The lowest BCUT2D eigenvalue weighted by Crippen LogP contribution is -2.55. The van der Waals surface area contributed by atoms with Crippen LogP contribution in [0.25, 0.3) is 16.6 Å². The summed E-state index contributed by atoms with van der Waals surface area (Å²) in [5.74, 6) is -0.955. The number of rotatable bonds is 2. The van der Waals surface area contributed by atoms with Crippen molar-refractivity contribution >= 4 is 16.9 Å². The summed E-state index contributed by atoms with van der Waals surface area (Å²) in [4.78, 5) is 11.7. The molecule has 0 saturated heterocycles. The first kappa shape index (κ1) is 18.2. The molecule has 1 aliphatic heterocycles. The minimum atomic E-state index is -0.847. The lowest BCUT2D eigenvalue weighted by Gasteiger charge is -2.53. The van der Waals surface area contributed by atoms with E-state index in [-0.39, 0.29) is 11.6 Å². The Bertz CT molecular complexity index is 1170. The molecule has 1 saturated carbocycles. The van der Waals surface area contributed by atoms with Crippen LogP contribution in [0.1, 0.15) is 36.6 Å². The molecular weight excluding hydrogens is 373 g/mol. The highest BCUT2D eigenvalue weighted by Crippen LogP contribution is 2.61. The number of aryl methyl sites for hydroxylation is 1. The monoisotopic (exact) mass is 395 g/mol. The molecule has 2 N–H and O–H groups in total. The van der Waals surface area contributed by atoms with Crippen molar-refractivity contribution in [3.63, 3.8) is 0 Å². The first-order valence-electron chi connectivity index (χ1n) is 9.75. The number of aromatic nitrogens is 1. The first-order valence-corrected chi connectivity index (χ1v) is 9.75. The molecule has 2 heterocycles. The summed E-state index contributed by atoms with van der Waals surface area (Å²) in [6.45, 7) is 3.93. The van der Waals surface area contributed by atoms with Crippen molar-refractivity contribution in [1.29, 1.82) is 0 Å². The van der Waals surface area contributed by atoms with Crippen LogP contribution in [0, 0.1) is 18.2 Å². The molecule has 0 amide bonds. The number of ether oxygens (including phenoxy) is 1. The second-order valence-corrected chi connectivity index (χ2v) is 8.57. The maximum absolute atomic E-state index is 13.9. The Labute approximate surface area is 167 Å². The highest BCUT2D eigenvalue weighted by Gasteiger charge is 2.60. The number of hydrogen-bond donors (Lipinski definition) is 2. The average Bonchev–Trinajstić information content (AvgIpc) is 2.99. The van der Waals surface area contributed by atoms with Gasteiger partial charge < -0.3 is 19.5 Å². The molecular formula is C23H22FNO4. The zero-order valence-electron chi connectivity index (χ0n) is 16.3. The topological polar surface area (TPSA) is 71.7 Å². The van der Waals surface area contributed by atoms with Crippen molar-refractivity contribution in [3.8, 4) is 11.4 Å². The van der Waals surface area contributed by atoms with Crippen LogP contribution >= 0.6 is 0 Å². The second-order valence-electron chi connectivity index (χ2n) is 8.57. The second kappa shape index (κ2) is 5.83. The number of nitrogens with zero attached hydrogens (tertiary/aromatic N) is 1. The Morgan fingerprint density at radius 3 is 2.69 bits per heavy atom. The third-order valence-electron chi connectivity index (χ3n) is 6.51. The van der Waals surface area contributed by atoms with E-state index in [0.29, 0.717) is 36.8 Å². The van der Waals surface area contributed by atoms with E-state index in [1.165, 1.54) is 6.07 Å². The number of aliphatic carboxylic acids is 1. The average molecular weight is 395 g/mol. The zero-order chi connectivity index (χ0) is 20.6. The smallest absolute Gasteiger partial charge is 0.309 e.